The number of aliphatic carboxylic acids is 1. The minimum atomic E-state index is -0.679. The van der Waals surface area contributed by atoms with E-state index in [0.717, 1.165) is 70.6 Å². The lowest BCUT2D eigenvalue weighted by Gasteiger charge is -2.28. The third-order valence-electron chi connectivity index (χ3n) is 7.62. The minimum absolute atomic E-state index is 0.299. The molecule has 6 rings (SSSR count). The smallest absolute Gasteiger partial charge is 0.303 e. The Morgan fingerprint density at radius 3 is 2.41 bits per heavy atom. The Bertz CT molecular complexity index is 1540. The number of carbonyl (C=O) groups is 1. The third kappa shape index (κ3) is 4.77. The number of carboxylic acid groups (broad SMARTS) is 1. The number of aromatic nitrogens is 5. The van der Waals surface area contributed by atoms with E-state index in [2.05, 4.69) is 58.6 Å². The molecule has 0 radical (unpaired) electrons. The summed E-state index contributed by atoms with van der Waals surface area (Å²) in [5, 5.41) is 13.3. The second-order valence-corrected chi connectivity index (χ2v) is 10.0. The SMILES string of the molecule is Cn1nccc1-c1ccc2[nH]c(-c3ccc(-c4ccc(C5CCC(CC(=O)O)CC5)cc4)nc3)nc2c1. The largest absolute Gasteiger partial charge is 0.481 e. The predicted octanol–water partition coefficient (Wildman–Crippen LogP) is 6.44. The Morgan fingerprint density at radius 2 is 1.73 bits per heavy atom. The van der Waals surface area contributed by atoms with Gasteiger partial charge in [0.05, 0.1) is 22.4 Å². The molecule has 5 aromatic rings. The van der Waals surface area contributed by atoms with Gasteiger partial charge in [0.2, 0.25) is 0 Å². The van der Waals surface area contributed by atoms with E-state index >= 15 is 0 Å². The highest BCUT2D eigenvalue weighted by Gasteiger charge is 2.24. The van der Waals surface area contributed by atoms with Crippen molar-refractivity contribution in [2.24, 2.45) is 13.0 Å². The van der Waals surface area contributed by atoms with Gasteiger partial charge in [-0.25, -0.2) is 4.98 Å². The van der Waals surface area contributed by atoms with E-state index in [4.69, 9.17) is 15.1 Å². The summed E-state index contributed by atoms with van der Waals surface area (Å²) in [6, 6.07) is 21.0. The third-order valence-corrected chi connectivity index (χ3v) is 7.62. The van der Waals surface area contributed by atoms with Crippen LogP contribution in [0.3, 0.4) is 0 Å². The molecule has 0 amide bonds. The number of H-pyrrole nitrogens is 1. The van der Waals surface area contributed by atoms with Gasteiger partial charge in [0, 0.05) is 42.6 Å². The predicted molar refractivity (Wildman–Crippen MR) is 144 cm³/mol. The number of nitrogens with zero attached hydrogens (tertiary/aromatic N) is 4. The highest BCUT2D eigenvalue weighted by atomic mass is 16.4. The van der Waals surface area contributed by atoms with E-state index in [0.29, 0.717) is 18.3 Å². The minimum Gasteiger partial charge on any atom is -0.481 e. The van der Waals surface area contributed by atoms with Crippen LogP contribution in [-0.4, -0.2) is 35.8 Å². The number of hydrogen-bond acceptors (Lipinski definition) is 4. The first-order valence-electron chi connectivity index (χ1n) is 12.8. The monoisotopic (exact) mass is 491 g/mol. The molecule has 1 saturated carbocycles. The van der Waals surface area contributed by atoms with Crippen LogP contribution in [0.15, 0.2) is 73.1 Å². The number of imidazole rings is 1. The van der Waals surface area contributed by atoms with Gasteiger partial charge < -0.3 is 10.1 Å². The van der Waals surface area contributed by atoms with E-state index in [9.17, 15) is 4.79 Å². The molecular formula is C30H29N5O2. The Labute approximate surface area is 215 Å². The first-order valence-corrected chi connectivity index (χ1v) is 12.8. The number of rotatable bonds is 6. The van der Waals surface area contributed by atoms with Crippen molar-refractivity contribution in [1.82, 2.24) is 24.7 Å². The van der Waals surface area contributed by atoms with Gasteiger partial charge in [-0.15, -0.1) is 0 Å². The topological polar surface area (TPSA) is 96.7 Å². The molecule has 7 heteroatoms. The van der Waals surface area contributed by atoms with Crippen LogP contribution in [0.1, 0.15) is 43.6 Å². The number of benzene rings is 2. The Morgan fingerprint density at radius 1 is 0.973 bits per heavy atom. The number of aryl methyl sites for hydroxylation is 1. The molecule has 3 heterocycles. The highest BCUT2D eigenvalue weighted by molar-refractivity contribution is 5.84. The molecule has 1 aliphatic carbocycles. The summed E-state index contributed by atoms with van der Waals surface area (Å²) < 4.78 is 1.86. The Hall–Kier alpha value is -4.26. The van der Waals surface area contributed by atoms with Gasteiger partial charge in [0.1, 0.15) is 5.82 Å². The number of fused-ring (bicyclic) bond motifs is 1. The maximum atomic E-state index is 11.0. The molecule has 1 fully saturated rings. The van der Waals surface area contributed by atoms with Crippen molar-refractivity contribution in [2.45, 2.75) is 38.0 Å². The number of carboxylic acids is 1. The fraction of sp³-hybridized carbons (Fsp3) is 0.267. The zero-order valence-electron chi connectivity index (χ0n) is 20.8. The van der Waals surface area contributed by atoms with E-state index in [1.54, 1.807) is 6.20 Å². The molecule has 0 aliphatic heterocycles. The van der Waals surface area contributed by atoms with Crippen LogP contribution >= 0.6 is 0 Å². The van der Waals surface area contributed by atoms with Gasteiger partial charge in [-0.1, -0.05) is 30.3 Å². The first-order chi connectivity index (χ1) is 18.0. The van der Waals surface area contributed by atoms with E-state index in [-0.39, 0.29) is 0 Å². The highest BCUT2D eigenvalue weighted by Crippen LogP contribution is 2.37. The number of pyridine rings is 1. The molecule has 0 unspecified atom stereocenters. The average molecular weight is 492 g/mol. The van der Waals surface area contributed by atoms with Crippen molar-refractivity contribution in [1.29, 1.82) is 0 Å². The quantitative estimate of drug-likeness (QED) is 0.285. The van der Waals surface area contributed by atoms with Crippen LogP contribution in [-0.2, 0) is 11.8 Å². The van der Waals surface area contributed by atoms with Crippen molar-refractivity contribution in [2.75, 3.05) is 0 Å². The number of aromatic amines is 1. The van der Waals surface area contributed by atoms with Crippen LogP contribution in [0.2, 0.25) is 0 Å². The maximum Gasteiger partial charge on any atom is 0.303 e. The standard InChI is InChI=1S/C30H29N5O2/c1-35-28(14-15-32-35)23-10-13-26-27(17-23)34-30(33-26)24-11-12-25(31-18-24)22-8-6-21(7-9-22)20-4-2-19(3-5-20)16-29(36)37/h6-15,17-20H,2-5,16H2,1H3,(H,33,34)(H,36,37). The molecular weight excluding hydrogens is 462 g/mol. The fourth-order valence-electron chi connectivity index (χ4n) is 5.54. The lowest BCUT2D eigenvalue weighted by Crippen LogP contribution is -2.16. The van der Waals surface area contributed by atoms with Gasteiger partial charge in [-0.05, 0) is 73.4 Å². The number of hydrogen-bond donors (Lipinski definition) is 2. The molecule has 2 aromatic carbocycles. The van der Waals surface area contributed by atoms with Crippen LogP contribution in [0.4, 0.5) is 0 Å². The normalized spacial score (nSPS) is 17.8. The fourth-order valence-corrected chi connectivity index (χ4v) is 5.54. The molecule has 0 spiro atoms. The van der Waals surface area contributed by atoms with Crippen molar-refractivity contribution >= 4 is 17.0 Å². The van der Waals surface area contributed by atoms with Crippen LogP contribution < -0.4 is 0 Å². The summed E-state index contributed by atoms with van der Waals surface area (Å²) in [5.74, 6) is 0.957. The zero-order valence-corrected chi connectivity index (χ0v) is 20.8. The van der Waals surface area contributed by atoms with Gasteiger partial charge >= 0.3 is 5.97 Å². The van der Waals surface area contributed by atoms with Crippen molar-refractivity contribution in [3.63, 3.8) is 0 Å². The van der Waals surface area contributed by atoms with E-state index in [1.165, 1.54) is 5.56 Å². The van der Waals surface area contributed by atoms with E-state index in [1.807, 2.05) is 30.1 Å². The molecule has 37 heavy (non-hydrogen) atoms. The van der Waals surface area contributed by atoms with Gasteiger partial charge in [0.25, 0.3) is 0 Å². The Balaban J connectivity index is 1.16. The lowest BCUT2D eigenvalue weighted by molar-refractivity contribution is -0.138. The molecule has 0 atom stereocenters. The average Bonchev–Trinajstić information content (AvgIpc) is 3.54. The van der Waals surface area contributed by atoms with Crippen molar-refractivity contribution in [3.05, 3.63) is 78.6 Å². The molecule has 0 bridgehead atoms. The summed E-state index contributed by atoms with van der Waals surface area (Å²) in [4.78, 5) is 23.9. The molecule has 186 valence electrons. The first kappa shape index (κ1) is 23.2. The molecule has 1 aliphatic rings. The van der Waals surface area contributed by atoms with Gasteiger partial charge in [-0.3, -0.25) is 14.5 Å². The summed E-state index contributed by atoms with van der Waals surface area (Å²) in [6.45, 7) is 0. The van der Waals surface area contributed by atoms with Crippen molar-refractivity contribution < 1.29 is 9.90 Å². The molecule has 2 N–H and O–H groups in total. The maximum absolute atomic E-state index is 11.0. The molecule has 7 nitrogen and oxygen atoms in total. The zero-order chi connectivity index (χ0) is 25.4. The number of nitrogens with one attached hydrogen (secondary N) is 1. The van der Waals surface area contributed by atoms with Crippen molar-refractivity contribution in [3.8, 4) is 33.9 Å². The van der Waals surface area contributed by atoms with Crippen LogP contribution in [0, 0.1) is 5.92 Å². The Kier molecular flexibility index (Phi) is 6.04. The summed E-state index contributed by atoms with van der Waals surface area (Å²) >= 11 is 0. The molecule has 0 saturated heterocycles. The summed E-state index contributed by atoms with van der Waals surface area (Å²) in [7, 11) is 1.94. The molecule has 3 aromatic heterocycles. The second kappa shape index (κ2) is 9.65. The second-order valence-electron chi connectivity index (χ2n) is 10.0. The van der Waals surface area contributed by atoms with Gasteiger partial charge in [0.15, 0.2) is 0 Å². The van der Waals surface area contributed by atoms with Crippen LogP contribution in [0.5, 0.6) is 0 Å². The van der Waals surface area contributed by atoms with Crippen LogP contribution in [0.25, 0.3) is 44.9 Å². The summed E-state index contributed by atoms with van der Waals surface area (Å²) in [6.07, 6.45) is 8.07. The summed E-state index contributed by atoms with van der Waals surface area (Å²) in [5.41, 5.74) is 8.31. The lowest BCUT2D eigenvalue weighted by atomic mass is 9.77. The van der Waals surface area contributed by atoms with Gasteiger partial charge in [-0.2, -0.15) is 5.10 Å². The van der Waals surface area contributed by atoms with E-state index < -0.39 is 5.97 Å².